The van der Waals surface area contributed by atoms with Crippen LogP contribution < -0.4 is 5.32 Å². The molecule has 0 bridgehead atoms. The highest BCUT2D eigenvalue weighted by Crippen LogP contribution is 2.43. The van der Waals surface area contributed by atoms with Crippen molar-refractivity contribution in [3.8, 4) is 0 Å². The Morgan fingerprint density at radius 2 is 0.753 bits per heavy atom. The molecule has 0 saturated carbocycles. The highest BCUT2D eigenvalue weighted by Gasteiger charge is 2.27. The van der Waals surface area contributed by atoms with Crippen LogP contribution in [0.25, 0.3) is 0 Å². The maximum absolute atomic E-state index is 13.0. The molecule has 0 saturated heterocycles. The summed E-state index contributed by atoms with van der Waals surface area (Å²) >= 11 is 0. The molecule has 0 aliphatic carbocycles. The SMILES string of the molecule is CC/C=C\C/C=C\C/C=C\C/C=C\C/C=C\C/C=C\C/C=C\C/C=C\CCCCCCCCCCCCCCCCCCC(=O)NC(COP(=O)(O)OCC[N+](C)(C)C)C(O)/C=C/CC/C=C/CC/C=C/CCCCCCCCCC. The molecular weight excluding hydrogens is 1020 g/mol. The number of carbonyl (C=O) groups is 1. The van der Waals surface area contributed by atoms with Crippen LogP contribution in [-0.2, 0) is 18.4 Å². The molecule has 0 heterocycles. The minimum absolute atomic E-state index is 0.0491. The second-order valence-corrected chi connectivity index (χ2v) is 24.5. The molecule has 0 radical (unpaired) electrons. The third-order valence-corrected chi connectivity index (χ3v) is 15.1. The van der Waals surface area contributed by atoms with Crippen molar-refractivity contribution < 1.29 is 32.9 Å². The van der Waals surface area contributed by atoms with Gasteiger partial charge < -0.3 is 19.8 Å². The summed E-state index contributed by atoms with van der Waals surface area (Å²) in [7, 11) is 1.54. The smallest absolute Gasteiger partial charge is 0.387 e. The summed E-state index contributed by atoms with van der Waals surface area (Å²) < 4.78 is 23.7. The van der Waals surface area contributed by atoms with Crippen LogP contribution in [0.3, 0.4) is 0 Å². The average molecular weight is 1150 g/mol. The number of hydrogen-bond acceptors (Lipinski definition) is 5. The number of phosphoric acid groups is 1. The van der Waals surface area contributed by atoms with E-state index in [1.165, 1.54) is 148 Å². The standard InChI is InChI=1S/C72H125N2O6P/c1-6-8-10-12-14-16-18-20-22-24-26-27-28-29-30-31-32-33-34-35-36-37-38-39-40-41-42-43-44-45-46-47-48-50-52-54-56-58-60-62-64-66-72(76)73-70(69-80-81(77,78)79-68-67-74(3,4)5)71(75)65-63-61-59-57-55-53-51-49-25-23-21-19-17-15-13-11-9-7-2/h8,10,14,16,20,22,25-27,29-30,32-33,35-36,38-39,49,55,57,63,65,70-71,75H,6-7,9,11-13,15,17-19,21,23-24,28,31,34,37,40-48,50-54,56,58-62,64,66-69H2,1-5H3,(H-,73,76,77,78)/p+1/b10-8-,16-14-,22-20-,27-26-,30-29-,33-32-,36-35-,39-38-,49-25+,57-55+,65-63+. The number of likely N-dealkylation sites (N-methyl/N-ethyl adjacent to an activating group) is 1. The van der Waals surface area contributed by atoms with Gasteiger partial charge in [-0.1, -0.05) is 282 Å². The van der Waals surface area contributed by atoms with Crippen LogP contribution in [0, 0.1) is 0 Å². The van der Waals surface area contributed by atoms with Crippen LogP contribution in [0.15, 0.2) is 134 Å². The summed E-state index contributed by atoms with van der Waals surface area (Å²) in [4.78, 5) is 23.3. The predicted molar refractivity (Wildman–Crippen MR) is 355 cm³/mol. The third-order valence-electron chi connectivity index (χ3n) is 14.1. The van der Waals surface area contributed by atoms with Crippen LogP contribution in [0.5, 0.6) is 0 Å². The summed E-state index contributed by atoms with van der Waals surface area (Å²) in [5, 5.41) is 13.9. The number of quaternary nitrogens is 1. The number of aliphatic hydroxyl groups is 1. The van der Waals surface area contributed by atoms with Crippen LogP contribution in [0.2, 0.25) is 0 Å². The highest BCUT2D eigenvalue weighted by atomic mass is 31.2. The number of hydrogen-bond donors (Lipinski definition) is 3. The molecule has 81 heavy (non-hydrogen) atoms. The van der Waals surface area contributed by atoms with Gasteiger partial charge in [0.15, 0.2) is 0 Å². The normalized spacial score (nSPS) is 14.6. The van der Waals surface area contributed by atoms with Gasteiger partial charge in [0.1, 0.15) is 13.2 Å². The van der Waals surface area contributed by atoms with Crippen molar-refractivity contribution in [2.75, 3.05) is 40.9 Å². The highest BCUT2D eigenvalue weighted by molar-refractivity contribution is 7.47. The lowest BCUT2D eigenvalue weighted by Gasteiger charge is -2.25. The topological polar surface area (TPSA) is 105 Å². The third kappa shape index (κ3) is 64.1. The molecule has 464 valence electrons. The predicted octanol–water partition coefficient (Wildman–Crippen LogP) is 21.0. The minimum Gasteiger partial charge on any atom is -0.387 e. The van der Waals surface area contributed by atoms with E-state index in [0.29, 0.717) is 17.4 Å². The first kappa shape index (κ1) is 77.6. The van der Waals surface area contributed by atoms with Gasteiger partial charge in [-0.3, -0.25) is 13.8 Å². The van der Waals surface area contributed by atoms with E-state index in [1.807, 2.05) is 27.2 Å². The van der Waals surface area contributed by atoms with E-state index in [1.54, 1.807) is 6.08 Å². The Hall–Kier alpha value is -3.36. The molecule has 8 nitrogen and oxygen atoms in total. The minimum atomic E-state index is -4.37. The zero-order valence-corrected chi connectivity index (χ0v) is 53.9. The van der Waals surface area contributed by atoms with Gasteiger partial charge >= 0.3 is 7.82 Å². The first-order valence-electron chi connectivity index (χ1n) is 33.1. The molecular formula is C72H126N2O6P+. The lowest BCUT2D eigenvalue weighted by Crippen LogP contribution is -2.45. The number of carbonyl (C=O) groups excluding carboxylic acids is 1. The van der Waals surface area contributed by atoms with Gasteiger partial charge in [-0.25, -0.2) is 4.57 Å². The van der Waals surface area contributed by atoms with E-state index in [0.717, 1.165) is 96.3 Å². The van der Waals surface area contributed by atoms with Crippen molar-refractivity contribution in [1.82, 2.24) is 5.32 Å². The van der Waals surface area contributed by atoms with E-state index in [4.69, 9.17) is 9.05 Å². The van der Waals surface area contributed by atoms with E-state index in [-0.39, 0.29) is 19.1 Å². The number of phosphoric ester groups is 1. The average Bonchev–Trinajstić information content (AvgIpc) is 3.43. The number of aliphatic hydroxyl groups excluding tert-OH is 1. The van der Waals surface area contributed by atoms with Gasteiger partial charge in [0.05, 0.1) is 39.9 Å². The molecule has 3 N–H and O–H groups in total. The summed E-state index contributed by atoms with van der Waals surface area (Å²) in [5.74, 6) is -0.194. The first-order chi connectivity index (χ1) is 39.5. The van der Waals surface area contributed by atoms with E-state index in [2.05, 4.69) is 141 Å². The molecule has 0 aromatic heterocycles. The van der Waals surface area contributed by atoms with E-state index >= 15 is 0 Å². The lowest BCUT2D eigenvalue weighted by atomic mass is 10.0. The molecule has 3 atom stereocenters. The van der Waals surface area contributed by atoms with Gasteiger partial charge in [-0.15, -0.1) is 0 Å². The molecule has 0 spiro atoms. The summed E-state index contributed by atoms with van der Waals surface area (Å²) in [5.41, 5.74) is 0. The summed E-state index contributed by atoms with van der Waals surface area (Å²) in [6, 6.07) is -0.877. The molecule has 3 unspecified atom stereocenters. The van der Waals surface area contributed by atoms with Gasteiger partial charge in [-0.2, -0.15) is 0 Å². The van der Waals surface area contributed by atoms with Crippen molar-refractivity contribution in [2.24, 2.45) is 0 Å². The molecule has 0 aromatic rings. The van der Waals surface area contributed by atoms with Gasteiger partial charge in [-0.05, 0) is 109 Å². The Morgan fingerprint density at radius 1 is 0.432 bits per heavy atom. The fourth-order valence-corrected chi connectivity index (χ4v) is 9.71. The first-order valence-corrected chi connectivity index (χ1v) is 34.6. The number of allylic oxidation sites excluding steroid dienone is 21. The van der Waals surface area contributed by atoms with E-state index in [9.17, 15) is 19.4 Å². The quantitative estimate of drug-likeness (QED) is 0.0243. The molecule has 1 amide bonds. The summed E-state index contributed by atoms with van der Waals surface area (Å²) in [6.45, 7) is 4.67. The molecule has 0 fully saturated rings. The fourth-order valence-electron chi connectivity index (χ4n) is 8.97. The van der Waals surface area contributed by atoms with Gasteiger partial charge in [0, 0.05) is 6.42 Å². The molecule has 0 rings (SSSR count). The number of nitrogens with zero attached hydrogens (tertiary/aromatic N) is 1. The maximum atomic E-state index is 13.0. The second-order valence-electron chi connectivity index (χ2n) is 23.1. The molecule has 0 aliphatic heterocycles. The van der Waals surface area contributed by atoms with Gasteiger partial charge in [0.25, 0.3) is 0 Å². The number of amides is 1. The van der Waals surface area contributed by atoms with Crippen LogP contribution >= 0.6 is 7.82 Å². The Morgan fingerprint density at radius 3 is 1.14 bits per heavy atom. The Bertz CT molecular complexity index is 1780. The van der Waals surface area contributed by atoms with Crippen LogP contribution in [0.4, 0.5) is 0 Å². The van der Waals surface area contributed by atoms with Crippen LogP contribution in [0.1, 0.15) is 264 Å². The summed E-state index contributed by atoms with van der Waals surface area (Å²) in [6.07, 6.45) is 93.0. The molecule has 0 aliphatic rings. The van der Waals surface area contributed by atoms with Crippen molar-refractivity contribution in [3.05, 3.63) is 134 Å². The van der Waals surface area contributed by atoms with E-state index < -0.39 is 20.0 Å². The number of unbranched alkanes of at least 4 members (excludes halogenated alkanes) is 26. The lowest BCUT2D eigenvalue weighted by molar-refractivity contribution is -0.870. The van der Waals surface area contributed by atoms with Crippen molar-refractivity contribution in [2.45, 2.75) is 276 Å². The zero-order chi connectivity index (χ0) is 59.1. The van der Waals surface area contributed by atoms with Crippen molar-refractivity contribution >= 4 is 13.7 Å². The number of nitrogens with one attached hydrogen (secondary N) is 1. The Balaban J connectivity index is 4.07. The largest absolute Gasteiger partial charge is 0.472 e. The Kier molecular flexibility index (Phi) is 58.7. The maximum Gasteiger partial charge on any atom is 0.472 e. The Labute approximate surface area is 500 Å². The molecule has 9 heteroatoms. The van der Waals surface area contributed by atoms with Crippen LogP contribution in [-0.4, -0.2) is 73.4 Å². The van der Waals surface area contributed by atoms with Crippen molar-refractivity contribution in [3.63, 3.8) is 0 Å². The van der Waals surface area contributed by atoms with Gasteiger partial charge in [0.2, 0.25) is 5.91 Å². The zero-order valence-electron chi connectivity index (χ0n) is 53.0. The fraction of sp³-hybridized carbons (Fsp3) is 0.681. The monoisotopic (exact) mass is 1150 g/mol. The van der Waals surface area contributed by atoms with Crippen molar-refractivity contribution in [1.29, 1.82) is 0 Å². The second kappa shape index (κ2) is 61.2. The molecule has 0 aromatic carbocycles. The number of rotatable bonds is 59.